The molecule has 0 atom stereocenters. The second kappa shape index (κ2) is 5.14. The number of aromatic nitrogens is 2. The van der Waals surface area contributed by atoms with E-state index >= 15 is 0 Å². The molecule has 1 aromatic heterocycles. The van der Waals surface area contributed by atoms with Crippen molar-refractivity contribution < 1.29 is 4.74 Å². The van der Waals surface area contributed by atoms with Crippen LogP contribution in [0.25, 0.3) is 0 Å². The Hall–Kier alpha value is -1.62. The summed E-state index contributed by atoms with van der Waals surface area (Å²) in [6, 6.07) is 7.67. The van der Waals surface area contributed by atoms with Gasteiger partial charge in [0, 0.05) is 23.5 Å². The van der Waals surface area contributed by atoms with Crippen LogP contribution in [0, 0.1) is 0 Å². The van der Waals surface area contributed by atoms with E-state index < -0.39 is 0 Å². The molecule has 0 fully saturated rings. The van der Waals surface area contributed by atoms with Crippen molar-refractivity contribution in [2.75, 3.05) is 5.73 Å². The Balaban J connectivity index is 2.13. The molecule has 0 radical (unpaired) electrons. The van der Waals surface area contributed by atoms with Gasteiger partial charge < -0.3 is 10.5 Å². The van der Waals surface area contributed by atoms with Gasteiger partial charge in [-0.25, -0.2) is 4.09 Å². The van der Waals surface area contributed by atoms with E-state index in [1.54, 1.807) is 12.3 Å². The normalized spacial score (nSPS) is 10.5. The van der Waals surface area contributed by atoms with Crippen LogP contribution >= 0.6 is 12.8 Å². The van der Waals surface area contributed by atoms with Gasteiger partial charge in [-0.15, -0.1) is 5.10 Å². The molecule has 0 spiro atoms. The Morgan fingerprint density at radius 1 is 1.41 bits per heavy atom. The molecule has 90 valence electrons. The highest BCUT2D eigenvalue weighted by molar-refractivity contribution is 7.78. The van der Waals surface area contributed by atoms with Gasteiger partial charge in [-0.05, 0) is 30.9 Å². The lowest BCUT2D eigenvalue weighted by Crippen LogP contribution is -2.04. The first kappa shape index (κ1) is 11.9. The number of thiol groups is 1. The molecule has 1 aromatic carbocycles. The van der Waals surface area contributed by atoms with Crippen molar-refractivity contribution in [1.29, 1.82) is 0 Å². The van der Waals surface area contributed by atoms with Crippen molar-refractivity contribution in [1.82, 2.24) is 9.19 Å². The minimum absolute atomic E-state index is 0.431. The van der Waals surface area contributed by atoms with Crippen molar-refractivity contribution in [2.24, 2.45) is 0 Å². The van der Waals surface area contributed by atoms with Crippen molar-refractivity contribution in [3.8, 4) is 5.88 Å². The number of nitrogen functional groups attached to an aromatic ring is 1. The Bertz CT molecular complexity index is 510. The van der Waals surface area contributed by atoms with Crippen LogP contribution in [-0.2, 0) is 13.0 Å². The topological polar surface area (TPSA) is 53.1 Å². The average Bonchev–Trinajstić information content (AvgIpc) is 2.73. The number of hydrogen-bond acceptors (Lipinski definition) is 4. The second-order valence-corrected chi connectivity index (χ2v) is 4.11. The van der Waals surface area contributed by atoms with Crippen molar-refractivity contribution in [3.63, 3.8) is 0 Å². The van der Waals surface area contributed by atoms with E-state index in [1.807, 2.05) is 12.1 Å². The van der Waals surface area contributed by atoms with E-state index in [0.717, 1.165) is 17.7 Å². The van der Waals surface area contributed by atoms with Gasteiger partial charge in [0.15, 0.2) is 0 Å². The lowest BCUT2D eigenvalue weighted by atomic mass is 10.0. The SMILES string of the molecule is CCc1cccc(N)c1COc1ccn(S)n1. The highest BCUT2D eigenvalue weighted by Crippen LogP contribution is 2.20. The third kappa shape index (κ3) is 2.74. The van der Waals surface area contributed by atoms with E-state index in [1.165, 1.54) is 9.65 Å². The van der Waals surface area contributed by atoms with Crippen molar-refractivity contribution in [2.45, 2.75) is 20.0 Å². The van der Waals surface area contributed by atoms with Gasteiger partial charge in [0.2, 0.25) is 5.88 Å². The van der Waals surface area contributed by atoms with Gasteiger partial charge in [0.25, 0.3) is 0 Å². The predicted molar refractivity (Wildman–Crippen MR) is 71.2 cm³/mol. The second-order valence-electron chi connectivity index (χ2n) is 3.70. The highest BCUT2D eigenvalue weighted by atomic mass is 32.1. The molecule has 5 heteroatoms. The number of aryl methyl sites for hydroxylation is 1. The van der Waals surface area contributed by atoms with Crippen LogP contribution < -0.4 is 10.5 Å². The van der Waals surface area contributed by atoms with Gasteiger partial charge in [0.1, 0.15) is 6.61 Å². The third-order valence-corrected chi connectivity index (χ3v) is 2.83. The lowest BCUT2D eigenvalue weighted by Gasteiger charge is -2.11. The summed E-state index contributed by atoms with van der Waals surface area (Å²) in [6.45, 7) is 2.53. The number of anilines is 1. The largest absolute Gasteiger partial charge is 0.472 e. The van der Waals surface area contributed by atoms with Gasteiger partial charge in [-0.2, -0.15) is 0 Å². The molecule has 0 saturated heterocycles. The number of nitrogens with zero attached hydrogens (tertiary/aromatic N) is 2. The molecule has 0 unspecified atom stereocenters. The summed E-state index contributed by atoms with van der Waals surface area (Å²) in [7, 11) is 0. The molecule has 0 aliphatic rings. The van der Waals surface area contributed by atoms with E-state index in [0.29, 0.717) is 12.5 Å². The van der Waals surface area contributed by atoms with E-state index in [4.69, 9.17) is 10.5 Å². The van der Waals surface area contributed by atoms with E-state index in [2.05, 4.69) is 30.9 Å². The molecule has 2 N–H and O–H groups in total. The number of hydrogen-bond donors (Lipinski definition) is 2. The van der Waals surface area contributed by atoms with Gasteiger partial charge in [-0.1, -0.05) is 19.1 Å². The first-order valence-corrected chi connectivity index (χ1v) is 5.84. The molecular weight excluding hydrogens is 234 g/mol. The van der Waals surface area contributed by atoms with Crippen molar-refractivity contribution in [3.05, 3.63) is 41.6 Å². The van der Waals surface area contributed by atoms with E-state index in [9.17, 15) is 0 Å². The van der Waals surface area contributed by atoms with Crippen molar-refractivity contribution >= 4 is 18.5 Å². The number of benzene rings is 1. The highest BCUT2D eigenvalue weighted by Gasteiger charge is 2.06. The molecule has 0 aliphatic carbocycles. The van der Waals surface area contributed by atoms with Crippen LogP contribution in [0.2, 0.25) is 0 Å². The minimum Gasteiger partial charge on any atom is -0.472 e. The third-order valence-electron chi connectivity index (χ3n) is 2.61. The maximum atomic E-state index is 5.95. The molecule has 2 aromatic rings. The summed E-state index contributed by atoms with van der Waals surface area (Å²) < 4.78 is 6.98. The van der Waals surface area contributed by atoms with Gasteiger partial charge in [0.05, 0.1) is 0 Å². The number of ether oxygens (including phenoxy) is 1. The minimum atomic E-state index is 0.431. The van der Waals surface area contributed by atoms with Crippen LogP contribution in [-0.4, -0.2) is 9.19 Å². The van der Waals surface area contributed by atoms with Gasteiger partial charge in [-0.3, -0.25) is 0 Å². The van der Waals surface area contributed by atoms with Crippen LogP contribution in [0.15, 0.2) is 30.5 Å². The summed E-state index contributed by atoms with van der Waals surface area (Å²) in [5.74, 6) is 0.547. The smallest absolute Gasteiger partial charge is 0.234 e. The molecule has 0 aliphatic heterocycles. The quantitative estimate of drug-likeness (QED) is 0.645. The fourth-order valence-corrected chi connectivity index (χ4v) is 1.84. The zero-order valence-corrected chi connectivity index (χ0v) is 10.5. The maximum absolute atomic E-state index is 5.95. The lowest BCUT2D eigenvalue weighted by molar-refractivity contribution is 0.292. The summed E-state index contributed by atoms with van der Waals surface area (Å²) in [5, 5.41) is 4.03. The monoisotopic (exact) mass is 249 g/mol. The summed E-state index contributed by atoms with van der Waals surface area (Å²) in [5.41, 5.74) is 8.94. The zero-order chi connectivity index (χ0) is 12.3. The Morgan fingerprint density at radius 3 is 2.88 bits per heavy atom. The van der Waals surface area contributed by atoms with E-state index in [-0.39, 0.29) is 0 Å². The molecule has 2 rings (SSSR count). The van der Waals surface area contributed by atoms with Crippen LogP contribution in [0.5, 0.6) is 5.88 Å². The molecule has 4 nitrogen and oxygen atoms in total. The Labute approximate surface area is 106 Å². The first-order valence-electron chi connectivity index (χ1n) is 5.44. The standard InChI is InChI=1S/C12H15N3OS/c1-2-9-4-3-5-11(13)10(9)8-16-12-6-7-15(17)14-12/h3-7,17H,2,8,13H2,1H3. The molecule has 0 bridgehead atoms. The average molecular weight is 249 g/mol. The molecule has 0 amide bonds. The summed E-state index contributed by atoms with van der Waals surface area (Å²) in [6.07, 6.45) is 2.65. The first-order chi connectivity index (χ1) is 8.20. The van der Waals surface area contributed by atoms with Crippen LogP contribution in [0.1, 0.15) is 18.1 Å². The molecule has 1 heterocycles. The zero-order valence-electron chi connectivity index (χ0n) is 9.63. The molecule has 17 heavy (non-hydrogen) atoms. The van der Waals surface area contributed by atoms with Crippen LogP contribution in [0.4, 0.5) is 5.69 Å². The van der Waals surface area contributed by atoms with Crippen LogP contribution in [0.3, 0.4) is 0 Å². The molecular formula is C12H15N3OS. The summed E-state index contributed by atoms with van der Waals surface area (Å²) in [4.78, 5) is 0. The van der Waals surface area contributed by atoms with Gasteiger partial charge >= 0.3 is 0 Å². The predicted octanol–water partition coefficient (Wildman–Crippen LogP) is 2.30. The maximum Gasteiger partial charge on any atom is 0.234 e. The number of rotatable bonds is 4. The Morgan fingerprint density at radius 2 is 2.24 bits per heavy atom. The fourth-order valence-electron chi connectivity index (χ4n) is 1.68. The Kier molecular flexibility index (Phi) is 3.58. The summed E-state index contributed by atoms with van der Waals surface area (Å²) >= 11 is 4.05. The fraction of sp³-hybridized carbons (Fsp3) is 0.250. The molecule has 0 saturated carbocycles. The number of nitrogens with two attached hydrogens (primary N) is 1.